The average Bonchev–Trinajstić information content (AvgIpc) is 3.20. The van der Waals surface area contributed by atoms with E-state index < -0.39 is 0 Å². The van der Waals surface area contributed by atoms with Crippen LogP contribution in [-0.2, 0) is 0 Å². The first kappa shape index (κ1) is 16.1. The van der Waals surface area contributed by atoms with E-state index in [1.54, 1.807) is 16.8 Å². The minimum absolute atomic E-state index is 0.247. The number of pyridine rings is 1. The maximum atomic E-state index is 12.8. The van der Waals surface area contributed by atoms with Crippen LogP contribution in [0.2, 0.25) is 5.02 Å². The minimum Gasteiger partial charge on any atom is -0.488 e. The number of halogens is 1. The Kier molecular flexibility index (Phi) is 3.42. The smallest absolute Gasteiger partial charge is 0.327 e. The Morgan fingerprint density at radius 1 is 1.33 bits per heavy atom. The highest BCUT2D eigenvalue weighted by molar-refractivity contribution is 6.35. The van der Waals surface area contributed by atoms with Crippen LogP contribution in [0.15, 0.2) is 39.8 Å². The molecule has 136 valence electrons. The van der Waals surface area contributed by atoms with Crippen molar-refractivity contribution in [3.8, 4) is 16.9 Å². The Labute approximate surface area is 158 Å². The number of aryl methyl sites for hydroxylation is 2. The first-order valence-corrected chi connectivity index (χ1v) is 8.87. The number of nitrogens with one attached hydrogen (secondary N) is 1. The fraction of sp³-hybridized carbons (Fsp3) is 0.211. The number of H-pyrrole nitrogens is 1. The van der Waals surface area contributed by atoms with Gasteiger partial charge in [0.1, 0.15) is 23.9 Å². The number of nitrogens with zero attached hydrogens (tertiary/aromatic N) is 3. The molecular weight excluding hydrogens is 368 g/mol. The molecule has 0 saturated heterocycles. The second kappa shape index (κ2) is 5.72. The van der Waals surface area contributed by atoms with Gasteiger partial charge in [-0.25, -0.2) is 4.79 Å². The average molecular weight is 383 g/mol. The van der Waals surface area contributed by atoms with Crippen LogP contribution in [0.4, 0.5) is 0 Å². The third kappa shape index (κ3) is 2.24. The summed E-state index contributed by atoms with van der Waals surface area (Å²) in [6, 6.07) is 7.05. The molecule has 1 aliphatic rings. The van der Waals surface area contributed by atoms with Gasteiger partial charge in [-0.3, -0.25) is 9.55 Å². The lowest BCUT2D eigenvalue weighted by atomic mass is 10.0. The molecule has 1 atom stereocenters. The molecule has 8 heteroatoms. The molecule has 0 radical (unpaired) electrons. The van der Waals surface area contributed by atoms with Gasteiger partial charge in [-0.15, -0.1) is 0 Å². The van der Waals surface area contributed by atoms with E-state index in [2.05, 4.69) is 15.1 Å². The third-order valence-electron chi connectivity index (χ3n) is 4.93. The molecule has 0 fully saturated rings. The Morgan fingerprint density at radius 3 is 2.89 bits per heavy atom. The lowest BCUT2D eigenvalue weighted by molar-refractivity contribution is 0.255. The SMILES string of the molecule is Cc1noc(C)c1-c1cc(Cl)c2[nH]c(=O)n3c2c1OC[C@H]3c1ccccn1. The normalized spacial score (nSPS) is 15.9. The molecule has 4 aromatic rings. The minimum atomic E-state index is -0.337. The second-order valence-electron chi connectivity index (χ2n) is 6.54. The van der Waals surface area contributed by atoms with Crippen LogP contribution in [0.3, 0.4) is 0 Å². The molecule has 0 aliphatic carbocycles. The van der Waals surface area contributed by atoms with Gasteiger partial charge in [0.2, 0.25) is 0 Å². The number of rotatable bonds is 2. The zero-order chi connectivity index (χ0) is 18.7. The molecule has 0 unspecified atom stereocenters. The fourth-order valence-electron chi connectivity index (χ4n) is 3.76. The van der Waals surface area contributed by atoms with Gasteiger partial charge in [0.25, 0.3) is 0 Å². The molecule has 0 saturated carbocycles. The van der Waals surface area contributed by atoms with Crippen LogP contribution in [0.1, 0.15) is 23.2 Å². The summed E-state index contributed by atoms with van der Waals surface area (Å²) in [5.41, 5.74) is 4.01. The topological polar surface area (TPSA) is 85.9 Å². The Balaban J connectivity index is 1.85. The molecular formula is C19H15ClN4O3. The molecule has 4 heterocycles. The monoisotopic (exact) mass is 382 g/mol. The zero-order valence-corrected chi connectivity index (χ0v) is 15.4. The van der Waals surface area contributed by atoms with Crippen LogP contribution < -0.4 is 10.4 Å². The molecule has 27 heavy (non-hydrogen) atoms. The maximum Gasteiger partial charge on any atom is 0.327 e. The predicted molar refractivity (Wildman–Crippen MR) is 100 cm³/mol. The number of ether oxygens (including phenoxy) is 1. The maximum absolute atomic E-state index is 12.8. The van der Waals surface area contributed by atoms with Crippen molar-refractivity contribution >= 4 is 22.6 Å². The third-order valence-corrected chi connectivity index (χ3v) is 5.23. The van der Waals surface area contributed by atoms with Crippen LogP contribution in [0, 0.1) is 13.8 Å². The van der Waals surface area contributed by atoms with Gasteiger partial charge in [0.05, 0.1) is 27.5 Å². The van der Waals surface area contributed by atoms with Crippen LogP contribution in [-0.4, -0.2) is 26.3 Å². The van der Waals surface area contributed by atoms with Crippen molar-refractivity contribution in [3.05, 3.63) is 63.1 Å². The predicted octanol–water partition coefficient (Wildman–Crippen LogP) is 3.63. The number of hydrogen-bond donors (Lipinski definition) is 1. The second-order valence-corrected chi connectivity index (χ2v) is 6.95. The largest absolute Gasteiger partial charge is 0.488 e. The van der Waals surface area contributed by atoms with E-state index in [-0.39, 0.29) is 18.3 Å². The van der Waals surface area contributed by atoms with Crippen molar-refractivity contribution < 1.29 is 9.26 Å². The molecule has 0 amide bonds. The molecule has 0 spiro atoms. The molecule has 3 aromatic heterocycles. The summed E-state index contributed by atoms with van der Waals surface area (Å²) in [5, 5.41) is 4.46. The number of hydrogen-bond acceptors (Lipinski definition) is 5. The van der Waals surface area contributed by atoms with E-state index in [9.17, 15) is 4.79 Å². The summed E-state index contributed by atoms with van der Waals surface area (Å²) in [7, 11) is 0. The van der Waals surface area contributed by atoms with Gasteiger partial charge in [-0.2, -0.15) is 0 Å². The quantitative estimate of drug-likeness (QED) is 0.572. The summed E-state index contributed by atoms with van der Waals surface area (Å²) < 4.78 is 13.1. The van der Waals surface area contributed by atoms with Gasteiger partial charge in [-0.1, -0.05) is 22.8 Å². The van der Waals surface area contributed by atoms with E-state index in [1.807, 2.05) is 32.0 Å². The van der Waals surface area contributed by atoms with E-state index in [0.29, 0.717) is 27.6 Å². The molecule has 1 N–H and O–H groups in total. The number of benzene rings is 1. The van der Waals surface area contributed by atoms with E-state index in [1.165, 1.54) is 0 Å². The Hall–Kier alpha value is -3.06. The summed E-state index contributed by atoms with van der Waals surface area (Å²) in [6.07, 6.45) is 1.70. The van der Waals surface area contributed by atoms with Crippen molar-refractivity contribution in [3.63, 3.8) is 0 Å². The van der Waals surface area contributed by atoms with Gasteiger partial charge < -0.3 is 14.2 Å². The van der Waals surface area contributed by atoms with Crippen molar-refractivity contribution in [2.24, 2.45) is 0 Å². The highest BCUT2D eigenvalue weighted by atomic mass is 35.5. The summed E-state index contributed by atoms with van der Waals surface area (Å²) >= 11 is 6.51. The van der Waals surface area contributed by atoms with Crippen LogP contribution >= 0.6 is 11.6 Å². The van der Waals surface area contributed by atoms with Gasteiger partial charge in [0.15, 0.2) is 5.75 Å². The molecule has 5 rings (SSSR count). The molecule has 7 nitrogen and oxygen atoms in total. The van der Waals surface area contributed by atoms with Gasteiger partial charge >= 0.3 is 5.69 Å². The number of imidazole rings is 1. The van der Waals surface area contributed by atoms with Gasteiger partial charge in [0, 0.05) is 11.8 Å². The molecule has 1 aromatic carbocycles. The highest BCUT2D eigenvalue weighted by Crippen LogP contribution is 2.45. The summed E-state index contributed by atoms with van der Waals surface area (Å²) in [6.45, 7) is 3.99. The van der Waals surface area contributed by atoms with Gasteiger partial charge in [-0.05, 0) is 32.0 Å². The highest BCUT2D eigenvalue weighted by Gasteiger charge is 2.32. The van der Waals surface area contributed by atoms with Crippen LogP contribution in [0.25, 0.3) is 22.2 Å². The number of aromatic nitrogens is 4. The first-order chi connectivity index (χ1) is 13.1. The fourth-order valence-corrected chi connectivity index (χ4v) is 4.01. The zero-order valence-electron chi connectivity index (χ0n) is 14.6. The van der Waals surface area contributed by atoms with Crippen LogP contribution in [0.5, 0.6) is 5.75 Å². The summed E-state index contributed by atoms with van der Waals surface area (Å²) in [5.74, 6) is 1.26. The first-order valence-electron chi connectivity index (χ1n) is 8.50. The Morgan fingerprint density at radius 2 is 2.19 bits per heavy atom. The number of aromatic amines is 1. The van der Waals surface area contributed by atoms with Crippen molar-refractivity contribution in [2.75, 3.05) is 6.61 Å². The Bertz CT molecular complexity index is 1220. The summed E-state index contributed by atoms with van der Waals surface area (Å²) in [4.78, 5) is 20.0. The van der Waals surface area contributed by atoms with Crippen molar-refractivity contribution in [2.45, 2.75) is 19.9 Å². The van der Waals surface area contributed by atoms with E-state index in [0.717, 1.165) is 22.5 Å². The van der Waals surface area contributed by atoms with E-state index in [4.69, 9.17) is 20.9 Å². The molecule has 1 aliphatic heterocycles. The molecule has 0 bridgehead atoms. The standard InChI is InChI=1S/C19H15ClN4O3/c1-9-15(10(2)27-23-9)11-7-12(20)16-17-18(11)26-8-14(24(17)19(25)22-16)13-5-3-4-6-21-13/h3-7,14H,8H2,1-2H3,(H,22,25)/t14-/m0/s1. The lowest BCUT2D eigenvalue weighted by Crippen LogP contribution is -2.31. The van der Waals surface area contributed by atoms with Crippen molar-refractivity contribution in [1.82, 2.24) is 19.7 Å². The van der Waals surface area contributed by atoms with E-state index >= 15 is 0 Å². The lowest BCUT2D eigenvalue weighted by Gasteiger charge is -2.26. The van der Waals surface area contributed by atoms with Crippen molar-refractivity contribution in [1.29, 1.82) is 0 Å².